The lowest BCUT2D eigenvalue weighted by Crippen LogP contribution is -2.39. The fourth-order valence-corrected chi connectivity index (χ4v) is 1.90. The summed E-state index contributed by atoms with van der Waals surface area (Å²) in [5, 5.41) is 3.94. The number of hydrogen-bond donors (Lipinski definition) is 1. The predicted molar refractivity (Wildman–Crippen MR) is 73.8 cm³/mol. The second kappa shape index (κ2) is 6.67. The number of hydrogen-bond acceptors (Lipinski definition) is 2. The Kier molecular flexibility index (Phi) is 5.52. The van der Waals surface area contributed by atoms with Crippen LogP contribution < -0.4 is 10.1 Å². The van der Waals surface area contributed by atoms with Crippen LogP contribution in [0, 0.1) is 0 Å². The molecule has 0 spiro atoms. The van der Waals surface area contributed by atoms with Crippen molar-refractivity contribution in [2.24, 2.45) is 0 Å². The Labute approximate surface area is 109 Å². The monoisotopic (exact) mass is 253 g/mol. The largest absolute Gasteiger partial charge is 0.489 e. The molecule has 0 saturated carbocycles. The van der Waals surface area contributed by atoms with Gasteiger partial charge in [-0.25, -0.2) is 0 Å². The molecule has 1 rings (SSSR count). The maximum atomic E-state index is 5.92. The number of likely N-dealkylation sites (N-methyl/N-ethyl adjacent to an activating group) is 1. The van der Waals surface area contributed by atoms with Crippen molar-refractivity contribution in [1.29, 1.82) is 0 Å². The average molecular weight is 254 g/mol. The molecule has 17 heavy (non-hydrogen) atoms. The lowest BCUT2D eigenvalue weighted by atomic mass is 10.0. The Balaban J connectivity index is 2.63. The molecule has 0 heterocycles. The van der Waals surface area contributed by atoms with Gasteiger partial charge in [0.25, 0.3) is 0 Å². The zero-order valence-corrected chi connectivity index (χ0v) is 11.4. The highest BCUT2D eigenvalue weighted by molar-refractivity contribution is 6.30. The highest BCUT2D eigenvalue weighted by atomic mass is 35.5. The van der Waals surface area contributed by atoms with Crippen molar-refractivity contribution in [3.05, 3.63) is 41.4 Å². The average Bonchev–Trinajstić information content (AvgIpc) is 2.25. The van der Waals surface area contributed by atoms with Crippen molar-refractivity contribution in [3.63, 3.8) is 0 Å². The fourth-order valence-electron chi connectivity index (χ4n) is 1.72. The second-order valence-corrected chi connectivity index (χ2v) is 4.77. The Morgan fingerprint density at radius 1 is 1.53 bits per heavy atom. The zero-order chi connectivity index (χ0) is 12.8. The third kappa shape index (κ3) is 4.80. The van der Waals surface area contributed by atoms with E-state index in [-0.39, 0.29) is 12.1 Å². The number of halogens is 1. The van der Waals surface area contributed by atoms with E-state index in [4.69, 9.17) is 16.3 Å². The van der Waals surface area contributed by atoms with Crippen LogP contribution in [0.4, 0.5) is 0 Å². The van der Waals surface area contributed by atoms with Crippen LogP contribution in [-0.2, 0) is 0 Å². The molecule has 0 aliphatic carbocycles. The second-order valence-electron chi connectivity index (χ2n) is 4.34. The first-order valence-corrected chi connectivity index (χ1v) is 6.14. The van der Waals surface area contributed by atoms with Gasteiger partial charge in [0.2, 0.25) is 0 Å². The molecule has 1 N–H and O–H groups in total. The molecule has 0 aromatic heterocycles. The van der Waals surface area contributed by atoms with Gasteiger partial charge in [-0.05, 0) is 45.5 Å². The molecule has 0 aliphatic rings. The molecular formula is C14H20ClNO. The molecule has 1 aromatic rings. The highest BCUT2D eigenvalue weighted by Gasteiger charge is 2.17. The van der Waals surface area contributed by atoms with E-state index in [1.54, 1.807) is 0 Å². The first kappa shape index (κ1) is 14.1. The van der Waals surface area contributed by atoms with Crippen LogP contribution in [0.3, 0.4) is 0 Å². The van der Waals surface area contributed by atoms with Gasteiger partial charge >= 0.3 is 0 Å². The van der Waals surface area contributed by atoms with Gasteiger partial charge in [0.15, 0.2) is 0 Å². The molecule has 0 radical (unpaired) electrons. The molecule has 0 amide bonds. The summed E-state index contributed by atoms with van der Waals surface area (Å²) in [4.78, 5) is 0. The first-order valence-electron chi connectivity index (χ1n) is 5.76. The van der Waals surface area contributed by atoms with E-state index in [1.165, 1.54) is 0 Å². The third-order valence-electron chi connectivity index (χ3n) is 2.62. The normalized spacial score (nSPS) is 14.1. The van der Waals surface area contributed by atoms with E-state index >= 15 is 0 Å². The molecule has 0 fully saturated rings. The van der Waals surface area contributed by atoms with Gasteiger partial charge in [-0.2, -0.15) is 0 Å². The van der Waals surface area contributed by atoms with Crippen molar-refractivity contribution in [2.75, 3.05) is 7.05 Å². The molecular weight excluding hydrogens is 234 g/mol. The Bertz CT molecular complexity index is 378. The standard InChI is InChI=1S/C14H20ClNO/c1-10(2)8-14(16-4)11(3)17-13-7-5-6-12(15)9-13/h5-7,9,11,14,16H,1,8H2,2-4H3. The van der Waals surface area contributed by atoms with Gasteiger partial charge in [0.05, 0.1) is 0 Å². The summed E-state index contributed by atoms with van der Waals surface area (Å²) in [5.74, 6) is 0.798. The van der Waals surface area contributed by atoms with Gasteiger partial charge in [-0.15, -0.1) is 6.58 Å². The number of nitrogens with one attached hydrogen (secondary N) is 1. The summed E-state index contributed by atoms with van der Waals surface area (Å²) in [6.07, 6.45) is 0.966. The van der Waals surface area contributed by atoms with Gasteiger partial charge in [0.1, 0.15) is 11.9 Å². The number of ether oxygens (including phenoxy) is 1. The highest BCUT2D eigenvalue weighted by Crippen LogP contribution is 2.20. The third-order valence-corrected chi connectivity index (χ3v) is 2.86. The predicted octanol–water partition coefficient (Wildman–Crippen LogP) is 3.66. The summed E-state index contributed by atoms with van der Waals surface area (Å²) in [7, 11) is 1.94. The smallest absolute Gasteiger partial charge is 0.121 e. The maximum absolute atomic E-state index is 5.92. The summed E-state index contributed by atoms with van der Waals surface area (Å²) >= 11 is 5.92. The molecule has 2 nitrogen and oxygen atoms in total. The van der Waals surface area contributed by atoms with E-state index in [9.17, 15) is 0 Å². The van der Waals surface area contributed by atoms with E-state index in [0.717, 1.165) is 17.7 Å². The van der Waals surface area contributed by atoms with E-state index in [2.05, 4.69) is 11.9 Å². The molecule has 2 unspecified atom stereocenters. The quantitative estimate of drug-likeness (QED) is 0.782. The summed E-state index contributed by atoms with van der Waals surface area (Å²) in [5.41, 5.74) is 1.14. The summed E-state index contributed by atoms with van der Waals surface area (Å²) < 4.78 is 5.86. The summed E-state index contributed by atoms with van der Waals surface area (Å²) in [6, 6.07) is 7.72. The number of rotatable bonds is 6. The molecule has 0 bridgehead atoms. The Morgan fingerprint density at radius 3 is 2.76 bits per heavy atom. The minimum Gasteiger partial charge on any atom is -0.489 e. The maximum Gasteiger partial charge on any atom is 0.121 e. The van der Waals surface area contributed by atoms with Crippen LogP contribution in [0.2, 0.25) is 5.02 Å². The van der Waals surface area contributed by atoms with E-state index in [0.29, 0.717) is 5.02 Å². The Hall–Kier alpha value is -0.990. The molecule has 94 valence electrons. The minimum atomic E-state index is 0.0650. The topological polar surface area (TPSA) is 21.3 Å². The molecule has 0 saturated heterocycles. The lowest BCUT2D eigenvalue weighted by molar-refractivity contribution is 0.174. The minimum absolute atomic E-state index is 0.0650. The van der Waals surface area contributed by atoms with Crippen molar-refractivity contribution in [3.8, 4) is 5.75 Å². The molecule has 0 aliphatic heterocycles. The summed E-state index contributed by atoms with van der Waals surface area (Å²) in [6.45, 7) is 8.00. The molecule has 2 atom stereocenters. The fraction of sp³-hybridized carbons (Fsp3) is 0.429. The van der Waals surface area contributed by atoms with E-state index < -0.39 is 0 Å². The van der Waals surface area contributed by atoms with Crippen molar-refractivity contribution < 1.29 is 4.74 Å². The SMILES string of the molecule is C=C(C)CC(NC)C(C)Oc1cccc(Cl)c1. The van der Waals surface area contributed by atoms with Crippen LogP contribution in [0.5, 0.6) is 5.75 Å². The van der Waals surface area contributed by atoms with Crippen molar-refractivity contribution in [2.45, 2.75) is 32.4 Å². The van der Waals surface area contributed by atoms with Gasteiger partial charge < -0.3 is 10.1 Å². The van der Waals surface area contributed by atoms with Gasteiger partial charge in [-0.1, -0.05) is 23.2 Å². The van der Waals surface area contributed by atoms with Crippen LogP contribution in [0.15, 0.2) is 36.4 Å². The van der Waals surface area contributed by atoms with Crippen molar-refractivity contribution in [1.82, 2.24) is 5.32 Å². The van der Waals surface area contributed by atoms with Crippen LogP contribution in [0.1, 0.15) is 20.3 Å². The van der Waals surface area contributed by atoms with Gasteiger partial charge in [0, 0.05) is 11.1 Å². The van der Waals surface area contributed by atoms with Gasteiger partial charge in [-0.3, -0.25) is 0 Å². The zero-order valence-electron chi connectivity index (χ0n) is 10.7. The van der Waals surface area contributed by atoms with Crippen LogP contribution in [0.25, 0.3) is 0 Å². The molecule has 3 heteroatoms. The Morgan fingerprint density at radius 2 is 2.24 bits per heavy atom. The number of benzene rings is 1. The lowest BCUT2D eigenvalue weighted by Gasteiger charge is -2.24. The molecule has 1 aromatic carbocycles. The van der Waals surface area contributed by atoms with E-state index in [1.807, 2.05) is 45.2 Å². The van der Waals surface area contributed by atoms with Crippen LogP contribution >= 0.6 is 11.6 Å². The van der Waals surface area contributed by atoms with Crippen molar-refractivity contribution >= 4 is 11.6 Å². The van der Waals surface area contributed by atoms with Crippen LogP contribution in [-0.4, -0.2) is 19.2 Å². The first-order chi connectivity index (χ1) is 8.02.